The Hall–Kier alpha value is -2.16. The van der Waals surface area contributed by atoms with Gasteiger partial charge in [-0.2, -0.15) is 0 Å². The number of hydrogen-bond acceptors (Lipinski definition) is 2. The van der Waals surface area contributed by atoms with Gasteiger partial charge < -0.3 is 0 Å². The van der Waals surface area contributed by atoms with Gasteiger partial charge in [0, 0.05) is 39.3 Å². The SMILES string of the molecule is C1=C(C2=CCCN(Cc3ccccc3)C2)CN(Cc2ccccc2)CC1. The van der Waals surface area contributed by atoms with Crippen LogP contribution in [-0.4, -0.2) is 36.0 Å². The average molecular weight is 345 g/mol. The van der Waals surface area contributed by atoms with Crippen LogP contribution in [0.1, 0.15) is 24.0 Å². The van der Waals surface area contributed by atoms with Crippen LogP contribution in [0.25, 0.3) is 0 Å². The fourth-order valence-corrected chi connectivity index (χ4v) is 4.03. The van der Waals surface area contributed by atoms with E-state index in [1.807, 2.05) is 0 Å². The molecule has 0 spiro atoms. The molecular weight excluding hydrogens is 316 g/mol. The third-order valence-corrected chi connectivity index (χ3v) is 5.37. The Labute approximate surface area is 157 Å². The lowest BCUT2D eigenvalue weighted by molar-refractivity contribution is 0.266. The summed E-state index contributed by atoms with van der Waals surface area (Å²) in [5.41, 5.74) is 5.92. The van der Waals surface area contributed by atoms with Crippen LogP contribution in [0.15, 0.2) is 84.0 Å². The van der Waals surface area contributed by atoms with Gasteiger partial charge in [-0.1, -0.05) is 72.8 Å². The molecule has 26 heavy (non-hydrogen) atoms. The van der Waals surface area contributed by atoms with E-state index in [2.05, 4.69) is 82.6 Å². The molecule has 0 unspecified atom stereocenters. The monoisotopic (exact) mass is 344 g/mol. The molecule has 0 radical (unpaired) electrons. The van der Waals surface area contributed by atoms with E-state index in [4.69, 9.17) is 0 Å². The zero-order valence-corrected chi connectivity index (χ0v) is 15.5. The topological polar surface area (TPSA) is 6.48 Å². The molecule has 0 fully saturated rings. The summed E-state index contributed by atoms with van der Waals surface area (Å²) in [5.74, 6) is 0. The van der Waals surface area contributed by atoms with Gasteiger partial charge in [0.25, 0.3) is 0 Å². The molecule has 0 aromatic heterocycles. The second-order valence-corrected chi connectivity index (χ2v) is 7.43. The molecule has 2 aromatic rings. The van der Waals surface area contributed by atoms with Crippen LogP contribution in [0, 0.1) is 0 Å². The van der Waals surface area contributed by atoms with Crippen molar-refractivity contribution in [1.29, 1.82) is 0 Å². The van der Waals surface area contributed by atoms with Crippen LogP contribution in [0.4, 0.5) is 0 Å². The van der Waals surface area contributed by atoms with Crippen LogP contribution in [0.3, 0.4) is 0 Å². The highest BCUT2D eigenvalue weighted by Gasteiger charge is 2.20. The number of benzene rings is 2. The van der Waals surface area contributed by atoms with E-state index < -0.39 is 0 Å². The van der Waals surface area contributed by atoms with Crippen LogP contribution in [-0.2, 0) is 13.1 Å². The number of rotatable bonds is 5. The Balaban J connectivity index is 1.37. The summed E-state index contributed by atoms with van der Waals surface area (Å²) < 4.78 is 0. The zero-order chi connectivity index (χ0) is 17.6. The van der Waals surface area contributed by atoms with Crippen molar-refractivity contribution in [2.24, 2.45) is 0 Å². The molecule has 134 valence electrons. The normalized spacial score (nSPS) is 19.1. The molecule has 0 amide bonds. The third-order valence-electron chi connectivity index (χ3n) is 5.37. The molecule has 0 bridgehead atoms. The highest BCUT2D eigenvalue weighted by atomic mass is 15.1. The summed E-state index contributed by atoms with van der Waals surface area (Å²) in [6.07, 6.45) is 7.27. The van der Waals surface area contributed by atoms with E-state index in [1.165, 1.54) is 24.2 Å². The number of nitrogens with zero attached hydrogens (tertiary/aromatic N) is 2. The van der Waals surface area contributed by atoms with Crippen LogP contribution < -0.4 is 0 Å². The van der Waals surface area contributed by atoms with E-state index in [9.17, 15) is 0 Å². The van der Waals surface area contributed by atoms with Gasteiger partial charge in [0.15, 0.2) is 0 Å². The van der Waals surface area contributed by atoms with E-state index in [0.717, 1.165) is 39.0 Å². The minimum Gasteiger partial charge on any atom is -0.295 e. The first-order chi connectivity index (χ1) is 12.9. The molecule has 2 nitrogen and oxygen atoms in total. The highest BCUT2D eigenvalue weighted by Crippen LogP contribution is 2.24. The van der Waals surface area contributed by atoms with Gasteiger partial charge in [-0.3, -0.25) is 9.80 Å². The average Bonchev–Trinajstić information content (AvgIpc) is 2.70. The van der Waals surface area contributed by atoms with Gasteiger partial charge in [-0.15, -0.1) is 0 Å². The van der Waals surface area contributed by atoms with Crippen molar-refractivity contribution >= 4 is 0 Å². The maximum absolute atomic E-state index is 2.58. The zero-order valence-electron chi connectivity index (χ0n) is 15.5. The van der Waals surface area contributed by atoms with Gasteiger partial charge >= 0.3 is 0 Å². The summed E-state index contributed by atoms with van der Waals surface area (Å²) >= 11 is 0. The fourth-order valence-electron chi connectivity index (χ4n) is 4.03. The molecule has 2 aliphatic heterocycles. The van der Waals surface area contributed by atoms with Gasteiger partial charge in [-0.25, -0.2) is 0 Å². The van der Waals surface area contributed by atoms with Crippen molar-refractivity contribution in [3.8, 4) is 0 Å². The Kier molecular flexibility index (Phi) is 5.63. The summed E-state index contributed by atoms with van der Waals surface area (Å²) in [5, 5.41) is 0. The van der Waals surface area contributed by atoms with Gasteiger partial charge in [0.1, 0.15) is 0 Å². The molecule has 2 heteroatoms. The van der Waals surface area contributed by atoms with Crippen LogP contribution >= 0.6 is 0 Å². The van der Waals surface area contributed by atoms with Crippen LogP contribution in [0.5, 0.6) is 0 Å². The minimum absolute atomic E-state index is 1.05. The number of hydrogen-bond donors (Lipinski definition) is 0. The Morgan fingerprint density at radius 2 is 1.00 bits per heavy atom. The lowest BCUT2D eigenvalue weighted by atomic mass is 9.96. The standard InChI is InChI=1S/C24H28N2/c1-3-9-21(10-4-1)17-25-15-7-13-23(19-25)24-14-8-16-26(20-24)18-22-11-5-2-6-12-22/h1-6,9-14H,7-8,15-20H2. The first-order valence-electron chi connectivity index (χ1n) is 9.78. The molecule has 2 heterocycles. The van der Waals surface area contributed by atoms with Gasteiger partial charge in [-0.05, 0) is 35.1 Å². The molecule has 4 rings (SSSR count). The van der Waals surface area contributed by atoms with Crippen molar-refractivity contribution in [2.45, 2.75) is 25.9 Å². The highest BCUT2D eigenvalue weighted by molar-refractivity contribution is 5.36. The molecule has 0 saturated heterocycles. The molecular formula is C24H28N2. The van der Waals surface area contributed by atoms with Crippen molar-refractivity contribution in [3.63, 3.8) is 0 Å². The quantitative estimate of drug-likeness (QED) is 0.779. The molecule has 2 aliphatic rings. The van der Waals surface area contributed by atoms with Crippen molar-refractivity contribution in [2.75, 3.05) is 26.2 Å². The Bertz CT molecular complexity index is 694. The maximum Gasteiger partial charge on any atom is 0.0237 e. The largest absolute Gasteiger partial charge is 0.295 e. The molecule has 0 atom stereocenters. The molecule has 0 N–H and O–H groups in total. The van der Waals surface area contributed by atoms with Crippen LogP contribution in [0.2, 0.25) is 0 Å². The third kappa shape index (κ3) is 4.51. The second-order valence-electron chi connectivity index (χ2n) is 7.43. The predicted molar refractivity (Wildman–Crippen MR) is 109 cm³/mol. The van der Waals surface area contributed by atoms with E-state index in [-0.39, 0.29) is 0 Å². The molecule has 0 saturated carbocycles. The Morgan fingerprint density at radius 1 is 0.577 bits per heavy atom. The van der Waals surface area contributed by atoms with E-state index >= 15 is 0 Å². The first-order valence-corrected chi connectivity index (χ1v) is 9.78. The summed E-state index contributed by atoms with van der Waals surface area (Å²) in [4.78, 5) is 5.17. The molecule has 2 aromatic carbocycles. The lowest BCUT2D eigenvalue weighted by Crippen LogP contribution is -2.34. The second kappa shape index (κ2) is 8.48. The summed E-state index contributed by atoms with van der Waals surface area (Å²) in [6, 6.07) is 21.7. The van der Waals surface area contributed by atoms with E-state index in [1.54, 1.807) is 11.1 Å². The van der Waals surface area contributed by atoms with Crippen molar-refractivity contribution in [1.82, 2.24) is 9.80 Å². The van der Waals surface area contributed by atoms with Gasteiger partial charge in [0.2, 0.25) is 0 Å². The summed E-state index contributed by atoms with van der Waals surface area (Å²) in [7, 11) is 0. The van der Waals surface area contributed by atoms with Crippen molar-refractivity contribution < 1.29 is 0 Å². The Morgan fingerprint density at radius 3 is 1.42 bits per heavy atom. The van der Waals surface area contributed by atoms with Gasteiger partial charge in [0.05, 0.1) is 0 Å². The minimum atomic E-state index is 1.05. The predicted octanol–water partition coefficient (Wildman–Crippen LogP) is 4.65. The van der Waals surface area contributed by atoms with Crippen molar-refractivity contribution in [3.05, 3.63) is 95.1 Å². The lowest BCUT2D eigenvalue weighted by Gasteiger charge is -2.33. The fraction of sp³-hybridized carbons (Fsp3) is 0.333. The maximum atomic E-state index is 2.58. The molecule has 0 aliphatic carbocycles. The van der Waals surface area contributed by atoms with E-state index in [0.29, 0.717) is 0 Å². The smallest absolute Gasteiger partial charge is 0.0237 e. The summed E-state index contributed by atoms with van der Waals surface area (Å²) in [6.45, 7) is 6.61. The first kappa shape index (κ1) is 17.3.